The minimum Gasteiger partial charge on any atom is -0.420 e. The molecule has 1 aromatic heterocycles. The van der Waals surface area contributed by atoms with Crippen LogP contribution < -0.4 is 15.4 Å². The van der Waals surface area contributed by atoms with Crippen LogP contribution in [0.4, 0.5) is 20.2 Å². The summed E-state index contributed by atoms with van der Waals surface area (Å²) in [6.07, 6.45) is 0.673. The number of hydrogen-bond acceptors (Lipinski definition) is 6. The van der Waals surface area contributed by atoms with Crippen LogP contribution in [0.2, 0.25) is 18.1 Å². The molecule has 224 valence electrons. The third-order valence-electron chi connectivity index (χ3n) is 8.49. The van der Waals surface area contributed by atoms with Gasteiger partial charge in [-0.1, -0.05) is 20.8 Å². The standard InChI is InChI=1S/C29H33ClF2N4O5Si/c1-27(2,3)42(4,5)41-23-15-28(14-22(23)37)24-19(20-10-11-33-36-20)12-16(13-21(24)35-26(28)39)25(38)34-17-6-8-18(9-7-17)40-29(30,31)32/h6-13,22-23,37H,14-15H2,1-5H3,(H,33,36)(H,34,38)(H,35,39). The van der Waals surface area contributed by atoms with Crippen LogP contribution in [-0.2, 0) is 14.6 Å². The van der Waals surface area contributed by atoms with E-state index in [1.54, 1.807) is 24.4 Å². The molecule has 42 heavy (non-hydrogen) atoms. The van der Waals surface area contributed by atoms with Gasteiger partial charge in [0.25, 0.3) is 5.91 Å². The number of amides is 2. The fraction of sp³-hybridized carbons (Fsp3) is 0.414. The highest BCUT2D eigenvalue weighted by Gasteiger charge is 2.58. The number of carbonyl (C=O) groups excluding carboxylic acids is 2. The summed E-state index contributed by atoms with van der Waals surface area (Å²) in [5.41, 5.74) is -1.99. The van der Waals surface area contributed by atoms with Gasteiger partial charge in [-0.15, -0.1) is 8.78 Å². The fourth-order valence-electron chi connectivity index (χ4n) is 5.42. The molecule has 0 radical (unpaired) electrons. The predicted molar refractivity (Wildman–Crippen MR) is 157 cm³/mol. The van der Waals surface area contributed by atoms with Gasteiger partial charge < -0.3 is 24.9 Å². The topological polar surface area (TPSA) is 126 Å². The van der Waals surface area contributed by atoms with E-state index in [9.17, 15) is 23.5 Å². The lowest BCUT2D eigenvalue weighted by Crippen LogP contribution is -2.46. The van der Waals surface area contributed by atoms with Gasteiger partial charge in [0, 0.05) is 45.9 Å². The van der Waals surface area contributed by atoms with Gasteiger partial charge in [0.1, 0.15) is 5.75 Å². The molecule has 0 bridgehead atoms. The lowest BCUT2D eigenvalue weighted by Gasteiger charge is -2.39. The van der Waals surface area contributed by atoms with Crippen molar-refractivity contribution in [3.63, 3.8) is 0 Å². The lowest BCUT2D eigenvalue weighted by molar-refractivity contribution is -0.121. The largest absolute Gasteiger partial charge is 0.487 e. The number of H-pyrrole nitrogens is 1. The molecule has 3 aromatic rings. The number of ether oxygens (including phenoxy) is 1. The van der Waals surface area contributed by atoms with E-state index in [4.69, 9.17) is 16.0 Å². The number of fused-ring (bicyclic) bond motifs is 2. The summed E-state index contributed by atoms with van der Waals surface area (Å²) in [5.74, 6) is -0.923. The molecule has 5 rings (SSSR count). The molecule has 3 unspecified atom stereocenters. The first-order valence-corrected chi connectivity index (χ1v) is 16.8. The zero-order valence-corrected chi connectivity index (χ0v) is 25.6. The van der Waals surface area contributed by atoms with Crippen LogP contribution in [0.3, 0.4) is 0 Å². The van der Waals surface area contributed by atoms with Crippen molar-refractivity contribution in [3.05, 3.63) is 59.8 Å². The second kappa shape index (κ2) is 10.4. The molecule has 9 nitrogen and oxygen atoms in total. The van der Waals surface area contributed by atoms with Crippen molar-refractivity contribution in [3.8, 4) is 17.0 Å². The maximum atomic E-state index is 13.7. The highest BCUT2D eigenvalue weighted by molar-refractivity contribution is 6.74. The number of carbonyl (C=O) groups is 2. The van der Waals surface area contributed by atoms with E-state index in [2.05, 4.69) is 59.4 Å². The van der Waals surface area contributed by atoms with Gasteiger partial charge in [-0.3, -0.25) is 14.7 Å². The monoisotopic (exact) mass is 618 g/mol. The number of anilines is 2. The number of rotatable bonds is 7. The lowest BCUT2D eigenvalue weighted by atomic mass is 9.76. The van der Waals surface area contributed by atoms with E-state index in [0.717, 1.165) is 0 Å². The van der Waals surface area contributed by atoms with E-state index in [1.807, 2.05) is 0 Å². The average molecular weight is 619 g/mol. The first kappa shape index (κ1) is 30.1. The Bertz CT molecular complexity index is 1510. The number of aliphatic hydroxyl groups is 1. The van der Waals surface area contributed by atoms with E-state index in [-0.39, 0.29) is 28.7 Å². The van der Waals surface area contributed by atoms with E-state index in [0.29, 0.717) is 34.6 Å². The summed E-state index contributed by atoms with van der Waals surface area (Å²) in [7, 11) is -2.25. The van der Waals surface area contributed by atoms with Crippen LogP contribution >= 0.6 is 11.6 Å². The number of aromatic amines is 1. The summed E-state index contributed by atoms with van der Waals surface area (Å²) in [4.78, 5) is 27.0. The van der Waals surface area contributed by atoms with E-state index >= 15 is 0 Å². The Morgan fingerprint density at radius 2 is 1.86 bits per heavy atom. The van der Waals surface area contributed by atoms with Gasteiger partial charge in [0.15, 0.2) is 8.32 Å². The zero-order chi connectivity index (χ0) is 30.7. The maximum absolute atomic E-state index is 13.7. The SMILES string of the molecule is CC(C)(C)[Si](C)(C)OC1CC2(CC1O)C(=O)Nc1cc(C(=O)Nc3ccc(OC(F)(F)Cl)cc3)cc(-c3ccn[nH]3)c12. The smallest absolute Gasteiger partial charge is 0.420 e. The van der Waals surface area contributed by atoms with Crippen LogP contribution in [0.5, 0.6) is 5.75 Å². The molecule has 1 fully saturated rings. The molecule has 4 N–H and O–H groups in total. The summed E-state index contributed by atoms with van der Waals surface area (Å²) in [6, 6.07) is 10.3. The molecule has 1 spiro atoms. The van der Waals surface area contributed by atoms with Crippen LogP contribution in [-0.4, -0.2) is 53.2 Å². The van der Waals surface area contributed by atoms with Crippen molar-refractivity contribution in [2.24, 2.45) is 0 Å². The van der Waals surface area contributed by atoms with Crippen molar-refractivity contribution in [2.75, 3.05) is 10.6 Å². The number of benzene rings is 2. The number of alkyl halides is 3. The molecule has 0 saturated heterocycles. The average Bonchev–Trinajstić information content (AvgIpc) is 3.58. The van der Waals surface area contributed by atoms with Crippen molar-refractivity contribution in [2.45, 2.75) is 74.9 Å². The van der Waals surface area contributed by atoms with Gasteiger partial charge >= 0.3 is 5.57 Å². The highest BCUT2D eigenvalue weighted by Crippen LogP contribution is 2.54. The third-order valence-corrected chi connectivity index (χ3v) is 13.1. The minimum atomic E-state index is -3.85. The number of nitrogens with one attached hydrogen (secondary N) is 3. The Kier molecular flexibility index (Phi) is 7.49. The van der Waals surface area contributed by atoms with Gasteiger partial charge in [0.2, 0.25) is 5.91 Å². The molecule has 1 saturated carbocycles. The number of hydrogen-bond donors (Lipinski definition) is 4. The van der Waals surface area contributed by atoms with Gasteiger partial charge in [-0.25, -0.2) is 0 Å². The number of halogens is 3. The van der Waals surface area contributed by atoms with Crippen molar-refractivity contribution >= 4 is 43.1 Å². The zero-order valence-electron chi connectivity index (χ0n) is 23.8. The normalized spacial score (nSPS) is 22.3. The Balaban J connectivity index is 1.48. The van der Waals surface area contributed by atoms with Crippen LogP contribution in [0.1, 0.15) is 49.5 Å². The summed E-state index contributed by atoms with van der Waals surface area (Å²) >= 11 is 4.81. The van der Waals surface area contributed by atoms with E-state index in [1.165, 1.54) is 24.3 Å². The van der Waals surface area contributed by atoms with Crippen molar-refractivity contribution in [1.82, 2.24) is 10.2 Å². The van der Waals surface area contributed by atoms with Crippen LogP contribution in [0.15, 0.2) is 48.7 Å². The second-order valence-corrected chi connectivity index (χ2v) is 17.6. The quantitative estimate of drug-likeness (QED) is 0.184. The van der Waals surface area contributed by atoms with Crippen molar-refractivity contribution in [1.29, 1.82) is 0 Å². The second-order valence-electron chi connectivity index (χ2n) is 12.4. The van der Waals surface area contributed by atoms with Crippen molar-refractivity contribution < 1.29 is 32.6 Å². The first-order chi connectivity index (χ1) is 19.5. The molecule has 3 atom stereocenters. The summed E-state index contributed by atoms with van der Waals surface area (Å²) in [5, 5.41) is 23.8. The molecule has 1 aliphatic heterocycles. The molecule has 1 aliphatic carbocycles. The fourth-order valence-corrected chi connectivity index (χ4v) is 6.86. The number of nitrogens with zero attached hydrogens (tertiary/aromatic N) is 1. The highest BCUT2D eigenvalue weighted by atomic mass is 35.5. The van der Waals surface area contributed by atoms with Crippen LogP contribution in [0.25, 0.3) is 11.3 Å². The van der Waals surface area contributed by atoms with Gasteiger partial charge in [0.05, 0.1) is 23.3 Å². The van der Waals surface area contributed by atoms with Crippen LogP contribution in [0, 0.1) is 0 Å². The summed E-state index contributed by atoms with van der Waals surface area (Å²) in [6.45, 7) is 10.6. The first-order valence-electron chi connectivity index (χ1n) is 13.5. The summed E-state index contributed by atoms with van der Waals surface area (Å²) < 4.78 is 36.7. The number of aliphatic hydroxyl groups excluding tert-OH is 1. The predicted octanol–water partition coefficient (Wildman–Crippen LogP) is 6.23. The minimum absolute atomic E-state index is 0.0792. The third kappa shape index (κ3) is 5.68. The maximum Gasteiger partial charge on any atom is 0.487 e. The Morgan fingerprint density at radius 3 is 2.45 bits per heavy atom. The van der Waals surface area contributed by atoms with Gasteiger partial charge in [-0.05, 0) is 73.4 Å². The molecule has 2 amide bonds. The Hall–Kier alpha value is -3.32. The molecule has 2 aromatic carbocycles. The molecular formula is C29H33ClF2N4O5Si. The molecule has 13 heteroatoms. The number of aromatic nitrogens is 2. The Labute approximate surface area is 248 Å². The Morgan fingerprint density at radius 1 is 1.17 bits per heavy atom. The van der Waals surface area contributed by atoms with E-state index < -0.39 is 37.4 Å². The molecule has 2 aliphatic rings. The van der Waals surface area contributed by atoms with Gasteiger partial charge in [-0.2, -0.15) is 5.10 Å². The molecular weight excluding hydrogens is 586 g/mol. The molecule has 2 heterocycles.